The fourth-order valence-electron chi connectivity index (χ4n) is 3.80. The van der Waals surface area contributed by atoms with Gasteiger partial charge in [0.05, 0.1) is 5.56 Å². The SMILES string of the molecule is CC1(C)C=Cc2c(ccc3c2OC[C@]2(O)c4ccc(O)cc4O[C@H]32)O1. The number of hydrogen-bond donors (Lipinski definition) is 2. The minimum atomic E-state index is -1.28. The number of phenolic OH excluding ortho intramolecular Hbond substituents is 1. The first-order valence-electron chi connectivity index (χ1n) is 8.28. The zero-order valence-corrected chi connectivity index (χ0v) is 13.9. The van der Waals surface area contributed by atoms with Crippen molar-refractivity contribution in [3.05, 3.63) is 53.1 Å². The standard InChI is InChI=1S/C20H18O5/c1-19(2)8-7-12-15(25-19)6-4-13-17(12)23-10-20(22)14-5-3-11(21)9-16(14)24-18(13)20/h3-9,18,21-22H,10H2,1-2H3/t18-,20+/m1/s1. The van der Waals surface area contributed by atoms with E-state index < -0.39 is 11.7 Å². The Morgan fingerprint density at radius 1 is 1.12 bits per heavy atom. The first-order chi connectivity index (χ1) is 11.9. The second-order valence-corrected chi connectivity index (χ2v) is 7.33. The maximum absolute atomic E-state index is 11.2. The number of benzene rings is 2. The minimum absolute atomic E-state index is 0.0795. The van der Waals surface area contributed by atoms with Gasteiger partial charge in [0, 0.05) is 17.2 Å². The summed E-state index contributed by atoms with van der Waals surface area (Å²) in [5.41, 5.74) is 0.626. The highest BCUT2D eigenvalue weighted by Gasteiger charge is 2.53. The van der Waals surface area contributed by atoms with Crippen LogP contribution >= 0.6 is 0 Å². The van der Waals surface area contributed by atoms with Crippen LogP contribution in [0.5, 0.6) is 23.0 Å². The molecule has 5 nitrogen and oxygen atoms in total. The third kappa shape index (κ3) is 1.93. The molecule has 5 heteroatoms. The van der Waals surface area contributed by atoms with E-state index in [4.69, 9.17) is 14.2 Å². The topological polar surface area (TPSA) is 68.2 Å². The number of fused-ring (bicyclic) bond motifs is 7. The summed E-state index contributed by atoms with van der Waals surface area (Å²) >= 11 is 0. The molecule has 0 saturated carbocycles. The molecule has 128 valence electrons. The quantitative estimate of drug-likeness (QED) is 0.771. The molecule has 3 heterocycles. The van der Waals surface area contributed by atoms with Gasteiger partial charge in [-0.2, -0.15) is 0 Å². The average Bonchev–Trinajstić information content (AvgIpc) is 2.85. The lowest BCUT2D eigenvalue weighted by atomic mass is 9.83. The normalized spacial score (nSPS) is 27.1. The van der Waals surface area contributed by atoms with Gasteiger partial charge >= 0.3 is 0 Å². The molecule has 0 bridgehead atoms. The van der Waals surface area contributed by atoms with Gasteiger partial charge in [-0.1, -0.05) is 0 Å². The van der Waals surface area contributed by atoms with Crippen molar-refractivity contribution in [2.75, 3.05) is 6.61 Å². The van der Waals surface area contributed by atoms with Crippen molar-refractivity contribution >= 4 is 6.08 Å². The molecule has 2 N–H and O–H groups in total. The monoisotopic (exact) mass is 338 g/mol. The van der Waals surface area contributed by atoms with Crippen LogP contribution in [-0.2, 0) is 5.60 Å². The van der Waals surface area contributed by atoms with Crippen LogP contribution in [0.25, 0.3) is 6.08 Å². The summed E-state index contributed by atoms with van der Waals surface area (Å²) in [5.74, 6) is 2.02. The largest absolute Gasteiger partial charge is 0.508 e. The van der Waals surface area contributed by atoms with Gasteiger partial charge in [-0.3, -0.25) is 0 Å². The molecule has 0 spiro atoms. The van der Waals surface area contributed by atoms with Crippen LogP contribution in [0, 0.1) is 0 Å². The number of aliphatic hydroxyl groups is 1. The first kappa shape index (κ1) is 14.7. The summed E-state index contributed by atoms with van der Waals surface area (Å²) < 4.78 is 18.0. The number of ether oxygens (including phenoxy) is 3. The summed E-state index contributed by atoms with van der Waals surface area (Å²) in [6.07, 6.45) is 3.40. The van der Waals surface area contributed by atoms with E-state index in [2.05, 4.69) is 0 Å². The predicted octanol–water partition coefficient (Wildman–Crippen LogP) is 3.29. The van der Waals surface area contributed by atoms with E-state index in [0.29, 0.717) is 17.1 Å². The molecule has 0 amide bonds. The highest BCUT2D eigenvalue weighted by Crippen LogP contribution is 2.56. The molecule has 0 aromatic heterocycles. The zero-order valence-electron chi connectivity index (χ0n) is 13.9. The van der Waals surface area contributed by atoms with E-state index in [1.54, 1.807) is 12.1 Å². The van der Waals surface area contributed by atoms with Crippen molar-refractivity contribution in [3.63, 3.8) is 0 Å². The van der Waals surface area contributed by atoms with Crippen LogP contribution in [0.15, 0.2) is 36.4 Å². The summed E-state index contributed by atoms with van der Waals surface area (Å²) in [4.78, 5) is 0. The summed E-state index contributed by atoms with van der Waals surface area (Å²) in [7, 11) is 0. The van der Waals surface area contributed by atoms with E-state index in [1.807, 2.05) is 38.1 Å². The fraction of sp³-hybridized carbons (Fsp3) is 0.300. The van der Waals surface area contributed by atoms with E-state index in [0.717, 1.165) is 16.9 Å². The summed E-state index contributed by atoms with van der Waals surface area (Å²) in [5, 5.41) is 20.9. The van der Waals surface area contributed by atoms with Crippen molar-refractivity contribution < 1.29 is 24.4 Å². The van der Waals surface area contributed by atoms with E-state index in [1.165, 1.54) is 6.07 Å². The maximum atomic E-state index is 11.2. The zero-order chi connectivity index (χ0) is 17.4. The molecule has 2 aromatic rings. The van der Waals surface area contributed by atoms with Crippen molar-refractivity contribution in [1.29, 1.82) is 0 Å². The van der Waals surface area contributed by atoms with Crippen LogP contribution in [0.2, 0.25) is 0 Å². The molecule has 0 radical (unpaired) electrons. The van der Waals surface area contributed by atoms with Crippen LogP contribution in [0.3, 0.4) is 0 Å². The second kappa shape index (κ2) is 4.49. The van der Waals surface area contributed by atoms with Crippen molar-refractivity contribution in [1.82, 2.24) is 0 Å². The lowest BCUT2D eigenvalue weighted by Crippen LogP contribution is -2.41. The van der Waals surface area contributed by atoms with Gasteiger partial charge in [-0.05, 0) is 50.3 Å². The van der Waals surface area contributed by atoms with Gasteiger partial charge < -0.3 is 24.4 Å². The fourth-order valence-corrected chi connectivity index (χ4v) is 3.80. The molecule has 0 saturated heterocycles. The van der Waals surface area contributed by atoms with Crippen molar-refractivity contribution in [3.8, 4) is 23.0 Å². The summed E-state index contributed by atoms with van der Waals surface area (Å²) in [6, 6.07) is 8.52. The van der Waals surface area contributed by atoms with E-state index >= 15 is 0 Å². The number of hydrogen-bond acceptors (Lipinski definition) is 5. The second-order valence-electron chi connectivity index (χ2n) is 7.33. The summed E-state index contributed by atoms with van der Waals surface area (Å²) in [6.45, 7) is 4.07. The first-order valence-corrected chi connectivity index (χ1v) is 8.28. The molecule has 3 aliphatic heterocycles. The number of rotatable bonds is 0. The minimum Gasteiger partial charge on any atom is -0.508 e. The molecule has 3 aliphatic rings. The molecule has 0 unspecified atom stereocenters. The Labute approximate surface area is 145 Å². The molecule has 2 atom stereocenters. The smallest absolute Gasteiger partial charge is 0.168 e. The highest BCUT2D eigenvalue weighted by atomic mass is 16.5. The van der Waals surface area contributed by atoms with Crippen LogP contribution in [-0.4, -0.2) is 22.4 Å². The Hall–Kier alpha value is -2.66. The molecule has 0 aliphatic carbocycles. The van der Waals surface area contributed by atoms with Crippen LogP contribution in [0.1, 0.15) is 36.6 Å². The number of phenols is 1. The van der Waals surface area contributed by atoms with Gasteiger partial charge in [-0.25, -0.2) is 0 Å². The van der Waals surface area contributed by atoms with Gasteiger partial charge in [0.15, 0.2) is 11.7 Å². The lowest BCUT2D eigenvalue weighted by molar-refractivity contribution is -0.0865. The molecule has 5 rings (SSSR count). The van der Waals surface area contributed by atoms with Crippen molar-refractivity contribution in [2.24, 2.45) is 0 Å². The average molecular weight is 338 g/mol. The maximum Gasteiger partial charge on any atom is 0.168 e. The molecule has 2 aromatic carbocycles. The molecule has 0 fully saturated rings. The Balaban J connectivity index is 1.64. The van der Waals surface area contributed by atoms with E-state index in [9.17, 15) is 10.2 Å². The van der Waals surface area contributed by atoms with Gasteiger partial charge in [-0.15, -0.1) is 0 Å². The van der Waals surface area contributed by atoms with Gasteiger partial charge in [0.25, 0.3) is 0 Å². The van der Waals surface area contributed by atoms with Gasteiger partial charge in [0.1, 0.15) is 35.2 Å². The van der Waals surface area contributed by atoms with Crippen LogP contribution in [0.4, 0.5) is 0 Å². The molecular weight excluding hydrogens is 320 g/mol. The Kier molecular flexibility index (Phi) is 2.63. The molecule has 25 heavy (non-hydrogen) atoms. The van der Waals surface area contributed by atoms with Gasteiger partial charge in [0.2, 0.25) is 0 Å². The third-order valence-electron chi connectivity index (χ3n) is 5.04. The third-order valence-corrected chi connectivity index (χ3v) is 5.04. The lowest BCUT2D eigenvalue weighted by Gasteiger charge is -2.37. The molecular formula is C20H18O5. The van der Waals surface area contributed by atoms with Crippen LogP contribution < -0.4 is 14.2 Å². The Morgan fingerprint density at radius 2 is 1.96 bits per heavy atom. The Morgan fingerprint density at radius 3 is 2.80 bits per heavy atom. The Bertz CT molecular complexity index is 930. The van der Waals surface area contributed by atoms with E-state index in [-0.39, 0.29) is 18.0 Å². The number of aromatic hydroxyl groups is 1. The highest BCUT2D eigenvalue weighted by molar-refractivity contribution is 5.70. The predicted molar refractivity (Wildman–Crippen MR) is 91.1 cm³/mol. The van der Waals surface area contributed by atoms with Crippen molar-refractivity contribution in [2.45, 2.75) is 31.2 Å².